The third-order valence-corrected chi connectivity index (χ3v) is 12.0. The lowest BCUT2D eigenvalue weighted by Crippen LogP contribution is -2.53. The van der Waals surface area contributed by atoms with Crippen LogP contribution >= 0.6 is 11.8 Å². The number of ether oxygens (including phenoxy) is 1. The van der Waals surface area contributed by atoms with Gasteiger partial charge in [0.25, 0.3) is 11.8 Å². The Morgan fingerprint density at radius 2 is 1.67 bits per heavy atom. The number of carboxylic acid groups (broad SMARTS) is 1. The molecule has 0 bridgehead atoms. The molecule has 2 aliphatic rings. The molecule has 3 N–H and O–H groups in total. The summed E-state index contributed by atoms with van der Waals surface area (Å²) in [5, 5.41) is 12.4. The number of hydrogen-bond acceptors (Lipinski definition) is 8. The number of carbonyl (C=O) groups is 3. The molecule has 2 heterocycles. The summed E-state index contributed by atoms with van der Waals surface area (Å²) in [5.74, 6) is -1.99. The van der Waals surface area contributed by atoms with Gasteiger partial charge in [-0.2, -0.15) is 0 Å². The SMILES string of the molecule is CCCCC1(CCCC)CN(c2ccccc2)c2cc(SC)c(OCC(=O)N[C@@H](C(=O)N3CCC[C@H]3C(=O)O)c3ccccc3)cc2S(=O)(=O)N1. The van der Waals surface area contributed by atoms with Gasteiger partial charge in [0.05, 0.1) is 16.1 Å². The maximum Gasteiger partial charge on any atom is 0.326 e. The predicted molar refractivity (Wildman–Crippen MR) is 199 cm³/mol. The van der Waals surface area contributed by atoms with Gasteiger partial charge in [-0.1, -0.05) is 88.1 Å². The first-order valence-corrected chi connectivity index (χ1v) is 20.3. The van der Waals surface area contributed by atoms with Crippen LogP contribution in [0.3, 0.4) is 0 Å². The zero-order valence-corrected chi connectivity index (χ0v) is 31.1. The number of thioether (sulfide) groups is 1. The van der Waals surface area contributed by atoms with Gasteiger partial charge in [0.1, 0.15) is 22.7 Å². The second-order valence-electron chi connectivity index (χ2n) is 13.2. The minimum absolute atomic E-state index is 0.0560. The van der Waals surface area contributed by atoms with Crippen molar-refractivity contribution in [2.75, 3.05) is 30.9 Å². The quantitative estimate of drug-likeness (QED) is 0.154. The number of rotatable bonds is 15. The number of hydrogen-bond donors (Lipinski definition) is 3. The van der Waals surface area contributed by atoms with E-state index >= 15 is 0 Å². The summed E-state index contributed by atoms with van der Waals surface area (Å²) in [7, 11) is -4.04. The number of fused-ring (bicyclic) bond motifs is 1. The molecule has 0 radical (unpaired) electrons. The summed E-state index contributed by atoms with van der Waals surface area (Å²) in [4.78, 5) is 43.1. The molecule has 1 saturated heterocycles. The summed E-state index contributed by atoms with van der Waals surface area (Å²) in [6.07, 6.45) is 7.71. The number of carbonyl (C=O) groups excluding carboxylic acids is 2. The maximum absolute atomic E-state index is 14.3. The lowest BCUT2D eigenvalue weighted by molar-refractivity contribution is -0.149. The zero-order valence-electron chi connectivity index (χ0n) is 29.5. The number of anilines is 2. The number of para-hydroxylation sites is 1. The first kappa shape index (κ1) is 38.2. The molecular formula is C38H48N4O7S2. The van der Waals surface area contributed by atoms with E-state index < -0.39 is 52.0 Å². The Kier molecular flexibility index (Phi) is 12.7. The number of sulfonamides is 1. The molecule has 274 valence electrons. The Morgan fingerprint density at radius 1 is 1.02 bits per heavy atom. The molecular weight excluding hydrogens is 689 g/mol. The third kappa shape index (κ3) is 8.88. The van der Waals surface area contributed by atoms with Crippen LogP contribution in [0.15, 0.2) is 82.6 Å². The molecule has 11 nitrogen and oxygen atoms in total. The van der Waals surface area contributed by atoms with E-state index in [1.165, 1.54) is 22.7 Å². The molecule has 2 atom stereocenters. The minimum Gasteiger partial charge on any atom is -0.483 e. The van der Waals surface area contributed by atoms with Crippen molar-refractivity contribution in [2.45, 2.75) is 92.6 Å². The lowest BCUT2D eigenvalue weighted by Gasteiger charge is -2.37. The van der Waals surface area contributed by atoms with Crippen LogP contribution in [0.1, 0.15) is 76.8 Å². The van der Waals surface area contributed by atoms with Crippen LogP contribution in [0, 0.1) is 0 Å². The largest absolute Gasteiger partial charge is 0.483 e. The molecule has 0 aliphatic carbocycles. The summed E-state index contributed by atoms with van der Waals surface area (Å²) >= 11 is 1.37. The average Bonchev–Trinajstić information content (AvgIpc) is 3.61. The lowest BCUT2D eigenvalue weighted by atomic mass is 9.87. The van der Waals surface area contributed by atoms with E-state index in [9.17, 15) is 27.9 Å². The molecule has 2 aliphatic heterocycles. The molecule has 0 aromatic heterocycles. The number of nitrogens with one attached hydrogen (secondary N) is 2. The molecule has 5 rings (SSSR count). The van der Waals surface area contributed by atoms with Gasteiger partial charge in [-0.3, -0.25) is 9.59 Å². The zero-order chi connectivity index (χ0) is 36.6. The molecule has 0 saturated carbocycles. The van der Waals surface area contributed by atoms with E-state index in [0.29, 0.717) is 48.4 Å². The minimum atomic E-state index is -4.04. The normalized spacial score (nSPS) is 18.4. The van der Waals surface area contributed by atoms with Crippen molar-refractivity contribution in [1.82, 2.24) is 14.9 Å². The standard InChI is InChI=1S/C38H48N4O7S2/c1-4-6-20-38(21-7-5-2)26-42(28-17-12-9-13-18-28)30-23-32(50-3)31(24-33(30)51(47,48)40-38)49-25-34(43)39-35(27-15-10-8-11-16-27)36(44)41-22-14-19-29(41)37(45)46/h8-13,15-18,23-24,29,35,40H,4-7,14,19-22,25-26H2,1-3H3,(H,39,43)(H,45,46)/t29-,35+/m0/s1. The Labute approximate surface area is 305 Å². The third-order valence-electron chi connectivity index (χ3n) is 9.59. The fraction of sp³-hybridized carbons (Fsp3) is 0.447. The van der Waals surface area contributed by atoms with Crippen molar-refractivity contribution >= 4 is 50.9 Å². The number of nitrogens with zero attached hydrogens (tertiary/aromatic N) is 2. The first-order valence-electron chi connectivity index (χ1n) is 17.6. The van der Waals surface area contributed by atoms with Crippen LogP contribution in [0.2, 0.25) is 0 Å². The predicted octanol–water partition coefficient (Wildman–Crippen LogP) is 6.27. The Bertz CT molecular complexity index is 1780. The van der Waals surface area contributed by atoms with E-state index in [-0.39, 0.29) is 17.2 Å². The summed E-state index contributed by atoms with van der Waals surface area (Å²) in [5.41, 5.74) is 1.20. The Hall–Kier alpha value is -4.07. The number of amides is 2. The molecule has 3 aromatic rings. The Balaban J connectivity index is 1.46. The van der Waals surface area contributed by atoms with Crippen LogP contribution in [0.5, 0.6) is 5.75 Å². The summed E-state index contributed by atoms with van der Waals surface area (Å²) in [6, 6.07) is 19.6. The van der Waals surface area contributed by atoms with Gasteiger partial charge in [0.15, 0.2) is 6.61 Å². The number of benzene rings is 3. The summed E-state index contributed by atoms with van der Waals surface area (Å²) in [6.45, 7) is 4.43. The topological polar surface area (TPSA) is 145 Å². The van der Waals surface area contributed by atoms with Crippen LogP contribution in [0.25, 0.3) is 0 Å². The monoisotopic (exact) mass is 736 g/mol. The van der Waals surface area contributed by atoms with Gasteiger partial charge in [0, 0.05) is 24.8 Å². The van der Waals surface area contributed by atoms with Crippen LogP contribution in [-0.2, 0) is 24.4 Å². The molecule has 3 aromatic carbocycles. The van der Waals surface area contributed by atoms with E-state index in [4.69, 9.17) is 4.74 Å². The molecule has 0 unspecified atom stereocenters. The second kappa shape index (κ2) is 17.0. The van der Waals surface area contributed by atoms with E-state index in [1.807, 2.05) is 42.7 Å². The number of unbranched alkanes of at least 4 members (excludes halogenated alkanes) is 2. The van der Waals surface area contributed by atoms with Crippen molar-refractivity contribution < 1.29 is 32.6 Å². The number of likely N-dealkylation sites (tertiary alicyclic amines) is 1. The van der Waals surface area contributed by atoms with E-state index in [2.05, 4.69) is 28.8 Å². The van der Waals surface area contributed by atoms with Crippen molar-refractivity contribution in [3.63, 3.8) is 0 Å². The van der Waals surface area contributed by atoms with Crippen molar-refractivity contribution in [3.05, 3.63) is 78.4 Å². The van der Waals surface area contributed by atoms with E-state index in [1.54, 1.807) is 30.3 Å². The highest BCUT2D eigenvalue weighted by Crippen LogP contribution is 2.44. The average molecular weight is 737 g/mol. The van der Waals surface area contributed by atoms with Gasteiger partial charge in [0.2, 0.25) is 10.0 Å². The van der Waals surface area contributed by atoms with Gasteiger partial charge in [-0.25, -0.2) is 17.9 Å². The highest BCUT2D eigenvalue weighted by molar-refractivity contribution is 7.98. The van der Waals surface area contributed by atoms with Crippen molar-refractivity contribution in [1.29, 1.82) is 0 Å². The van der Waals surface area contributed by atoms with Crippen molar-refractivity contribution in [2.24, 2.45) is 0 Å². The molecule has 1 fully saturated rings. The molecule has 0 spiro atoms. The van der Waals surface area contributed by atoms with Gasteiger partial charge < -0.3 is 25.0 Å². The maximum atomic E-state index is 14.3. The summed E-state index contributed by atoms with van der Waals surface area (Å²) < 4.78 is 37.8. The highest BCUT2D eigenvalue weighted by Gasteiger charge is 2.42. The van der Waals surface area contributed by atoms with Crippen LogP contribution in [-0.4, -0.2) is 73.7 Å². The first-order chi connectivity index (χ1) is 24.5. The van der Waals surface area contributed by atoms with Crippen LogP contribution in [0.4, 0.5) is 11.4 Å². The molecule has 13 heteroatoms. The molecule has 2 amide bonds. The van der Waals surface area contributed by atoms with Crippen molar-refractivity contribution in [3.8, 4) is 5.75 Å². The van der Waals surface area contributed by atoms with Gasteiger partial charge in [-0.05, 0) is 55.7 Å². The second-order valence-corrected chi connectivity index (χ2v) is 15.7. The highest BCUT2D eigenvalue weighted by atomic mass is 32.2. The smallest absolute Gasteiger partial charge is 0.326 e. The fourth-order valence-electron chi connectivity index (χ4n) is 6.98. The number of aliphatic carboxylic acids is 1. The fourth-order valence-corrected chi connectivity index (χ4v) is 9.18. The van der Waals surface area contributed by atoms with Crippen LogP contribution < -0.4 is 19.7 Å². The van der Waals surface area contributed by atoms with Gasteiger partial charge in [-0.15, -0.1) is 11.8 Å². The Morgan fingerprint density at radius 3 is 2.27 bits per heavy atom. The van der Waals surface area contributed by atoms with Gasteiger partial charge >= 0.3 is 5.97 Å². The van der Waals surface area contributed by atoms with E-state index in [0.717, 1.165) is 31.4 Å². The molecule has 51 heavy (non-hydrogen) atoms. The number of carboxylic acids is 1.